The molecule has 2 rings (SSSR count). The minimum absolute atomic E-state index is 0.295. The highest BCUT2D eigenvalue weighted by Gasteiger charge is 2.16. The highest BCUT2D eigenvalue weighted by Crippen LogP contribution is 2.18. The van der Waals surface area contributed by atoms with E-state index in [9.17, 15) is 9.18 Å². The number of carbonyl (C=O) groups is 1. The van der Waals surface area contributed by atoms with E-state index in [0.717, 1.165) is 0 Å². The molecule has 1 N–H and O–H groups in total. The minimum atomic E-state index is -0.428. The van der Waals surface area contributed by atoms with Crippen molar-refractivity contribution < 1.29 is 18.7 Å². The van der Waals surface area contributed by atoms with Gasteiger partial charge in [0, 0.05) is 12.1 Å². The summed E-state index contributed by atoms with van der Waals surface area (Å²) < 4.78 is 23.8. The lowest BCUT2D eigenvalue weighted by molar-refractivity contribution is 0.0523. The first-order valence-electron chi connectivity index (χ1n) is 8.22. The second-order valence-corrected chi connectivity index (χ2v) is 5.48. The monoisotopic (exact) mass is 359 g/mol. The molecule has 2 aromatic rings. The zero-order chi connectivity index (χ0) is 19.1. The van der Waals surface area contributed by atoms with Gasteiger partial charge in [0.25, 0.3) is 0 Å². The van der Waals surface area contributed by atoms with Crippen molar-refractivity contribution >= 4 is 18.0 Å². The predicted molar refractivity (Wildman–Crippen MR) is 97.9 cm³/mol. The van der Waals surface area contributed by atoms with Crippen LogP contribution in [0.4, 0.5) is 10.3 Å². The molecule has 0 fully saturated rings. The van der Waals surface area contributed by atoms with Gasteiger partial charge in [0.05, 0.1) is 25.1 Å². The van der Waals surface area contributed by atoms with Gasteiger partial charge in [-0.15, -0.1) is 0 Å². The van der Waals surface area contributed by atoms with Crippen LogP contribution in [0.1, 0.15) is 34.2 Å². The van der Waals surface area contributed by atoms with Gasteiger partial charge in [0.2, 0.25) is 5.95 Å². The van der Waals surface area contributed by atoms with Gasteiger partial charge in [0.15, 0.2) is 0 Å². The molecular weight excluding hydrogens is 337 g/mol. The van der Waals surface area contributed by atoms with Crippen LogP contribution in [0.15, 0.2) is 24.3 Å². The highest BCUT2D eigenvalue weighted by atomic mass is 19.1. The number of halogens is 1. The molecule has 0 unspecified atom stereocenters. The number of ether oxygens (including phenoxy) is 2. The first kappa shape index (κ1) is 19.4. The van der Waals surface area contributed by atoms with Gasteiger partial charge in [-0.2, -0.15) is 0 Å². The maximum Gasteiger partial charge on any atom is 0.341 e. The summed E-state index contributed by atoms with van der Waals surface area (Å²) in [6.07, 6.45) is 3.41. The third kappa shape index (κ3) is 4.78. The van der Waals surface area contributed by atoms with Crippen molar-refractivity contribution in [3.8, 4) is 5.75 Å². The second-order valence-electron chi connectivity index (χ2n) is 5.48. The van der Waals surface area contributed by atoms with Gasteiger partial charge in [-0.1, -0.05) is 12.2 Å². The largest absolute Gasteiger partial charge is 0.497 e. The zero-order valence-electron chi connectivity index (χ0n) is 15.3. The fraction of sp³-hybridized carbons (Fsp3) is 0.316. The lowest BCUT2D eigenvalue weighted by atomic mass is 10.2. The fourth-order valence-corrected chi connectivity index (χ4v) is 2.41. The molecule has 7 heteroatoms. The lowest BCUT2D eigenvalue weighted by Crippen LogP contribution is -2.14. The van der Waals surface area contributed by atoms with Crippen LogP contribution in [-0.4, -0.2) is 36.2 Å². The summed E-state index contributed by atoms with van der Waals surface area (Å²) in [5.41, 5.74) is 1.89. The summed E-state index contributed by atoms with van der Waals surface area (Å²) in [7, 11) is 1.53. The van der Waals surface area contributed by atoms with E-state index in [4.69, 9.17) is 9.47 Å². The van der Waals surface area contributed by atoms with Gasteiger partial charge in [-0.05, 0) is 39.0 Å². The number of anilines is 1. The smallest absolute Gasteiger partial charge is 0.341 e. The SMILES string of the molecule is CCOC(=O)c1c(C)nc(NC/C=C/c2cc(OC)ccc2F)nc1C. The Morgan fingerprint density at radius 1 is 1.27 bits per heavy atom. The Bertz CT molecular complexity index is 799. The molecule has 0 aliphatic carbocycles. The van der Waals surface area contributed by atoms with Gasteiger partial charge in [-0.3, -0.25) is 0 Å². The van der Waals surface area contributed by atoms with E-state index in [-0.39, 0.29) is 5.82 Å². The molecular formula is C19H22FN3O3. The first-order chi connectivity index (χ1) is 12.5. The number of nitrogens with zero attached hydrogens (tertiary/aromatic N) is 2. The summed E-state index contributed by atoms with van der Waals surface area (Å²) in [5, 5.41) is 3.03. The molecule has 0 atom stereocenters. The van der Waals surface area contributed by atoms with Crippen LogP contribution in [0.2, 0.25) is 0 Å². The van der Waals surface area contributed by atoms with Crippen molar-refractivity contribution in [1.29, 1.82) is 0 Å². The van der Waals surface area contributed by atoms with E-state index in [2.05, 4.69) is 15.3 Å². The Hall–Kier alpha value is -2.96. The van der Waals surface area contributed by atoms with Crippen molar-refractivity contribution in [2.75, 3.05) is 25.6 Å². The number of carbonyl (C=O) groups excluding carboxylic acids is 1. The zero-order valence-corrected chi connectivity index (χ0v) is 15.3. The Balaban J connectivity index is 2.05. The van der Waals surface area contributed by atoms with Gasteiger partial charge in [-0.25, -0.2) is 19.2 Å². The van der Waals surface area contributed by atoms with E-state index in [1.54, 1.807) is 45.1 Å². The number of nitrogens with one attached hydrogen (secondary N) is 1. The number of methoxy groups -OCH3 is 1. The Labute approximate surface area is 152 Å². The molecule has 6 nitrogen and oxygen atoms in total. The average molecular weight is 359 g/mol. The van der Waals surface area contributed by atoms with E-state index < -0.39 is 5.97 Å². The van der Waals surface area contributed by atoms with Crippen molar-refractivity contribution in [1.82, 2.24) is 9.97 Å². The van der Waals surface area contributed by atoms with Crippen LogP contribution in [0, 0.1) is 19.7 Å². The van der Waals surface area contributed by atoms with Crippen LogP contribution in [-0.2, 0) is 4.74 Å². The van der Waals surface area contributed by atoms with Crippen LogP contribution in [0.3, 0.4) is 0 Å². The lowest BCUT2D eigenvalue weighted by Gasteiger charge is -2.10. The van der Waals surface area contributed by atoms with Crippen molar-refractivity contribution in [3.63, 3.8) is 0 Å². The maximum absolute atomic E-state index is 13.7. The molecule has 138 valence electrons. The highest BCUT2D eigenvalue weighted by molar-refractivity contribution is 5.91. The molecule has 26 heavy (non-hydrogen) atoms. The molecule has 0 saturated heterocycles. The van der Waals surface area contributed by atoms with E-state index in [1.807, 2.05) is 0 Å². The average Bonchev–Trinajstić information content (AvgIpc) is 2.59. The number of rotatable bonds is 7. The molecule has 0 bridgehead atoms. The molecule has 1 heterocycles. The minimum Gasteiger partial charge on any atom is -0.497 e. The molecule has 0 spiro atoms. The summed E-state index contributed by atoms with van der Waals surface area (Å²) in [6, 6.07) is 4.54. The fourth-order valence-electron chi connectivity index (χ4n) is 2.41. The molecule has 0 saturated carbocycles. The summed E-state index contributed by atoms with van der Waals surface area (Å²) >= 11 is 0. The molecule has 0 aliphatic heterocycles. The van der Waals surface area contributed by atoms with Crippen LogP contribution >= 0.6 is 0 Å². The topological polar surface area (TPSA) is 73.3 Å². The Kier molecular flexibility index (Phi) is 6.66. The number of aryl methyl sites for hydroxylation is 2. The van der Waals surface area contributed by atoms with E-state index in [1.165, 1.54) is 13.2 Å². The number of hydrogen-bond donors (Lipinski definition) is 1. The molecule has 1 aromatic heterocycles. The quantitative estimate of drug-likeness (QED) is 0.762. The van der Waals surface area contributed by atoms with E-state index >= 15 is 0 Å². The summed E-state index contributed by atoms with van der Waals surface area (Å²) in [6.45, 7) is 5.90. The molecule has 0 radical (unpaired) electrons. The van der Waals surface area contributed by atoms with Crippen molar-refractivity contribution in [2.45, 2.75) is 20.8 Å². The van der Waals surface area contributed by atoms with Gasteiger partial charge in [0.1, 0.15) is 17.1 Å². The van der Waals surface area contributed by atoms with Crippen molar-refractivity contribution in [3.05, 3.63) is 52.6 Å². The molecule has 0 amide bonds. The van der Waals surface area contributed by atoms with Gasteiger partial charge >= 0.3 is 5.97 Å². The number of esters is 1. The Morgan fingerprint density at radius 3 is 2.58 bits per heavy atom. The third-order valence-electron chi connectivity index (χ3n) is 3.63. The Morgan fingerprint density at radius 2 is 1.96 bits per heavy atom. The summed E-state index contributed by atoms with van der Waals surface area (Å²) in [5.74, 6) is 0.221. The van der Waals surface area contributed by atoms with Crippen LogP contribution in [0.5, 0.6) is 5.75 Å². The standard InChI is InChI=1S/C19H22FN3O3/c1-5-26-18(24)17-12(2)22-19(23-13(17)3)21-10-6-7-14-11-15(25-4)8-9-16(14)20/h6-9,11H,5,10H2,1-4H3,(H,21,22,23)/b7-6+. The number of benzene rings is 1. The first-order valence-corrected chi connectivity index (χ1v) is 8.22. The van der Waals surface area contributed by atoms with Crippen molar-refractivity contribution in [2.24, 2.45) is 0 Å². The number of aromatic nitrogens is 2. The van der Waals surface area contributed by atoms with Crippen LogP contribution in [0.25, 0.3) is 6.08 Å². The number of hydrogen-bond acceptors (Lipinski definition) is 6. The molecule has 1 aromatic carbocycles. The van der Waals surface area contributed by atoms with E-state index in [0.29, 0.717) is 47.4 Å². The van der Waals surface area contributed by atoms with Crippen LogP contribution < -0.4 is 10.1 Å². The maximum atomic E-state index is 13.7. The van der Waals surface area contributed by atoms with Gasteiger partial charge < -0.3 is 14.8 Å². The summed E-state index contributed by atoms with van der Waals surface area (Å²) in [4.78, 5) is 20.5. The second kappa shape index (κ2) is 8.94. The predicted octanol–water partition coefficient (Wildman–Crippen LogP) is 3.54. The third-order valence-corrected chi connectivity index (χ3v) is 3.63. The normalized spacial score (nSPS) is 10.8. The molecule has 0 aliphatic rings.